The second kappa shape index (κ2) is 7.33. The average Bonchev–Trinajstić information content (AvgIpc) is 2.74. The van der Waals surface area contributed by atoms with Gasteiger partial charge in [0.1, 0.15) is 0 Å². The molecule has 1 fully saturated rings. The second-order valence-corrected chi connectivity index (χ2v) is 4.78. The Morgan fingerprint density at radius 3 is 2.72 bits per heavy atom. The number of rotatable bonds is 6. The SMILES string of the molecule is COCCNC(=O)CN(C)C(=O)C1CNCC1C. The number of hydrogen-bond donors (Lipinski definition) is 2. The third-order valence-corrected chi connectivity index (χ3v) is 3.22. The molecule has 1 saturated heterocycles. The molecule has 0 spiro atoms. The van der Waals surface area contributed by atoms with Gasteiger partial charge >= 0.3 is 0 Å². The molecular weight excluding hydrogens is 234 g/mol. The zero-order valence-electron chi connectivity index (χ0n) is 11.4. The molecular formula is C12H23N3O3. The normalized spacial score (nSPS) is 22.8. The van der Waals surface area contributed by atoms with Crippen LogP contribution in [0.2, 0.25) is 0 Å². The molecule has 2 unspecified atom stereocenters. The quantitative estimate of drug-likeness (QED) is 0.603. The lowest BCUT2D eigenvalue weighted by molar-refractivity contribution is -0.138. The maximum Gasteiger partial charge on any atom is 0.239 e. The monoisotopic (exact) mass is 257 g/mol. The number of nitrogens with zero attached hydrogens (tertiary/aromatic N) is 1. The minimum atomic E-state index is -0.151. The van der Waals surface area contributed by atoms with Crippen LogP contribution in [0.25, 0.3) is 0 Å². The molecule has 18 heavy (non-hydrogen) atoms. The van der Waals surface area contributed by atoms with Gasteiger partial charge in [0, 0.05) is 27.2 Å². The molecule has 104 valence electrons. The molecule has 0 saturated carbocycles. The van der Waals surface area contributed by atoms with Crippen molar-refractivity contribution >= 4 is 11.8 Å². The van der Waals surface area contributed by atoms with E-state index in [-0.39, 0.29) is 24.3 Å². The topological polar surface area (TPSA) is 70.7 Å². The molecule has 0 aliphatic carbocycles. The van der Waals surface area contributed by atoms with Crippen molar-refractivity contribution in [2.45, 2.75) is 6.92 Å². The lowest BCUT2D eigenvalue weighted by Gasteiger charge is -2.22. The fourth-order valence-corrected chi connectivity index (χ4v) is 2.07. The van der Waals surface area contributed by atoms with Crippen LogP contribution < -0.4 is 10.6 Å². The van der Waals surface area contributed by atoms with Crippen LogP contribution in [-0.4, -0.2) is 63.7 Å². The molecule has 1 aliphatic heterocycles. The smallest absolute Gasteiger partial charge is 0.239 e. The molecule has 0 aromatic rings. The van der Waals surface area contributed by atoms with Gasteiger partial charge in [0.15, 0.2) is 0 Å². The van der Waals surface area contributed by atoms with E-state index in [9.17, 15) is 9.59 Å². The van der Waals surface area contributed by atoms with Crippen molar-refractivity contribution in [1.82, 2.24) is 15.5 Å². The standard InChI is InChI=1S/C12H23N3O3/c1-9-6-13-7-10(9)12(17)15(2)8-11(16)14-4-5-18-3/h9-10,13H,4-8H2,1-3H3,(H,14,16). The second-order valence-electron chi connectivity index (χ2n) is 4.78. The Hall–Kier alpha value is -1.14. The highest BCUT2D eigenvalue weighted by atomic mass is 16.5. The van der Waals surface area contributed by atoms with Crippen LogP contribution in [0, 0.1) is 11.8 Å². The highest BCUT2D eigenvalue weighted by Gasteiger charge is 2.31. The van der Waals surface area contributed by atoms with E-state index in [1.807, 2.05) is 0 Å². The van der Waals surface area contributed by atoms with Crippen LogP contribution in [0.5, 0.6) is 0 Å². The summed E-state index contributed by atoms with van der Waals surface area (Å²) in [6.45, 7) is 4.67. The van der Waals surface area contributed by atoms with E-state index in [0.717, 1.165) is 6.54 Å². The number of hydrogen-bond acceptors (Lipinski definition) is 4. The molecule has 0 aromatic heterocycles. The van der Waals surface area contributed by atoms with E-state index in [2.05, 4.69) is 17.6 Å². The summed E-state index contributed by atoms with van der Waals surface area (Å²) < 4.78 is 4.84. The zero-order valence-corrected chi connectivity index (χ0v) is 11.4. The number of amides is 2. The summed E-state index contributed by atoms with van der Waals surface area (Å²) in [5, 5.41) is 5.89. The van der Waals surface area contributed by atoms with Crippen LogP contribution in [-0.2, 0) is 14.3 Å². The molecule has 6 heteroatoms. The van der Waals surface area contributed by atoms with Gasteiger partial charge < -0.3 is 20.3 Å². The maximum absolute atomic E-state index is 12.1. The Bertz CT molecular complexity index is 296. The van der Waals surface area contributed by atoms with E-state index in [0.29, 0.717) is 25.6 Å². The molecule has 0 radical (unpaired) electrons. The minimum Gasteiger partial charge on any atom is -0.383 e. The molecule has 2 amide bonds. The highest BCUT2D eigenvalue weighted by Crippen LogP contribution is 2.17. The molecule has 0 aromatic carbocycles. The van der Waals surface area contributed by atoms with Crippen molar-refractivity contribution in [1.29, 1.82) is 0 Å². The summed E-state index contributed by atoms with van der Waals surface area (Å²) in [5.41, 5.74) is 0. The zero-order chi connectivity index (χ0) is 13.5. The lowest BCUT2D eigenvalue weighted by Crippen LogP contribution is -2.43. The van der Waals surface area contributed by atoms with Crippen molar-refractivity contribution in [2.75, 3.05) is 46.9 Å². The Balaban J connectivity index is 2.32. The maximum atomic E-state index is 12.1. The molecule has 6 nitrogen and oxygen atoms in total. The summed E-state index contributed by atoms with van der Waals surface area (Å²) in [6.07, 6.45) is 0. The first-order chi connectivity index (χ1) is 8.56. The number of methoxy groups -OCH3 is 1. The highest BCUT2D eigenvalue weighted by molar-refractivity contribution is 5.86. The minimum absolute atomic E-state index is 0.0122. The molecule has 2 N–H and O–H groups in total. The van der Waals surface area contributed by atoms with E-state index in [1.54, 1.807) is 14.2 Å². The summed E-state index contributed by atoms with van der Waals surface area (Å²) in [4.78, 5) is 25.2. The van der Waals surface area contributed by atoms with Gasteiger partial charge in [-0.15, -0.1) is 0 Å². The van der Waals surface area contributed by atoms with Crippen LogP contribution in [0.15, 0.2) is 0 Å². The third kappa shape index (κ3) is 4.27. The number of nitrogens with one attached hydrogen (secondary N) is 2. The first-order valence-corrected chi connectivity index (χ1v) is 6.27. The molecule has 1 aliphatic rings. The van der Waals surface area contributed by atoms with Gasteiger partial charge in [0.05, 0.1) is 19.1 Å². The Morgan fingerprint density at radius 2 is 2.17 bits per heavy atom. The fraction of sp³-hybridized carbons (Fsp3) is 0.833. The van der Waals surface area contributed by atoms with Crippen molar-refractivity contribution in [3.8, 4) is 0 Å². The van der Waals surface area contributed by atoms with Crippen molar-refractivity contribution < 1.29 is 14.3 Å². The van der Waals surface area contributed by atoms with Crippen molar-refractivity contribution in [3.63, 3.8) is 0 Å². The molecule has 1 heterocycles. The van der Waals surface area contributed by atoms with Crippen LogP contribution >= 0.6 is 0 Å². The van der Waals surface area contributed by atoms with E-state index < -0.39 is 0 Å². The van der Waals surface area contributed by atoms with E-state index in [4.69, 9.17) is 4.74 Å². The van der Waals surface area contributed by atoms with Gasteiger partial charge in [-0.3, -0.25) is 9.59 Å². The van der Waals surface area contributed by atoms with Gasteiger partial charge in [-0.05, 0) is 12.5 Å². The van der Waals surface area contributed by atoms with E-state index in [1.165, 1.54) is 4.90 Å². The van der Waals surface area contributed by atoms with Crippen molar-refractivity contribution in [3.05, 3.63) is 0 Å². The predicted octanol–water partition coefficient (Wildman–Crippen LogP) is -0.937. The summed E-state index contributed by atoms with van der Waals surface area (Å²) in [6, 6.07) is 0. The van der Waals surface area contributed by atoms with Gasteiger partial charge in [0.2, 0.25) is 11.8 Å². The van der Waals surface area contributed by atoms with Gasteiger partial charge in [0.25, 0.3) is 0 Å². The van der Waals surface area contributed by atoms with Gasteiger partial charge in [-0.1, -0.05) is 6.92 Å². The number of carbonyl (C=O) groups excluding carboxylic acids is 2. The largest absolute Gasteiger partial charge is 0.383 e. The molecule has 1 rings (SSSR count). The molecule has 2 atom stereocenters. The number of carbonyl (C=O) groups is 2. The van der Waals surface area contributed by atoms with Crippen LogP contribution in [0.1, 0.15) is 6.92 Å². The lowest BCUT2D eigenvalue weighted by atomic mass is 9.97. The van der Waals surface area contributed by atoms with Gasteiger partial charge in [-0.25, -0.2) is 0 Å². The number of ether oxygens (including phenoxy) is 1. The summed E-state index contributed by atoms with van der Waals surface area (Å²) in [5.74, 6) is 0.203. The summed E-state index contributed by atoms with van der Waals surface area (Å²) in [7, 11) is 3.25. The first-order valence-electron chi connectivity index (χ1n) is 6.27. The Morgan fingerprint density at radius 1 is 1.44 bits per heavy atom. The van der Waals surface area contributed by atoms with E-state index >= 15 is 0 Å². The number of likely N-dealkylation sites (N-methyl/N-ethyl adjacent to an activating group) is 1. The predicted molar refractivity (Wildman–Crippen MR) is 68.0 cm³/mol. The molecule has 0 bridgehead atoms. The summed E-state index contributed by atoms with van der Waals surface area (Å²) >= 11 is 0. The van der Waals surface area contributed by atoms with Gasteiger partial charge in [-0.2, -0.15) is 0 Å². The Labute approximate surface area is 108 Å². The van der Waals surface area contributed by atoms with Crippen LogP contribution in [0.4, 0.5) is 0 Å². The van der Waals surface area contributed by atoms with Crippen LogP contribution in [0.3, 0.4) is 0 Å². The first kappa shape index (κ1) is 14.9. The average molecular weight is 257 g/mol. The fourth-order valence-electron chi connectivity index (χ4n) is 2.07. The van der Waals surface area contributed by atoms with Crippen molar-refractivity contribution in [2.24, 2.45) is 11.8 Å². The Kier molecular flexibility index (Phi) is 6.07. The third-order valence-electron chi connectivity index (χ3n) is 3.22.